The van der Waals surface area contributed by atoms with Gasteiger partial charge in [0.05, 0.1) is 12.2 Å². The van der Waals surface area contributed by atoms with Crippen LogP contribution < -0.4 is 5.32 Å². The molecule has 0 aliphatic carbocycles. The normalized spacial score (nSPS) is 41.6. The van der Waals surface area contributed by atoms with Crippen LogP contribution in [0.5, 0.6) is 0 Å². The quantitative estimate of drug-likeness (QED) is 0.317. The molecule has 8 nitrogen and oxygen atoms in total. The molecular formula is C9H11NO7. The van der Waals surface area contributed by atoms with Crippen LogP contribution in [0.3, 0.4) is 0 Å². The summed E-state index contributed by atoms with van der Waals surface area (Å²) in [5.74, 6) is -4.17. The third kappa shape index (κ3) is 1.66. The molecule has 2 aliphatic rings. The van der Waals surface area contributed by atoms with Gasteiger partial charge < -0.3 is 25.2 Å². The van der Waals surface area contributed by atoms with Gasteiger partial charge in [-0.1, -0.05) is 0 Å². The van der Waals surface area contributed by atoms with Crippen molar-refractivity contribution in [2.75, 3.05) is 6.61 Å². The first-order chi connectivity index (χ1) is 7.90. The maximum atomic E-state index is 11.3. The average Bonchev–Trinajstić information content (AvgIpc) is 2.72. The summed E-state index contributed by atoms with van der Waals surface area (Å²) in [6.07, 6.45) is -3.85. The highest BCUT2D eigenvalue weighted by molar-refractivity contribution is 6.17. The van der Waals surface area contributed by atoms with Gasteiger partial charge in [0.15, 0.2) is 0 Å². The first kappa shape index (κ1) is 12.1. The number of nitrogens with one attached hydrogen (secondary N) is 1. The number of rotatable bonds is 2. The summed E-state index contributed by atoms with van der Waals surface area (Å²) in [6.45, 7) is -0.649. The zero-order valence-electron chi connectivity index (χ0n) is 8.53. The van der Waals surface area contributed by atoms with Gasteiger partial charge in [-0.15, -0.1) is 0 Å². The van der Waals surface area contributed by atoms with E-state index in [1.54, 1.807) is 0 Å². The van der Waals surface area contributed by atoms with Crippen molar-refractivity contribution in [3.8, 4) is 0 Å². The van der Waals surface area contributed by atoms with Gasteiger partial charge >= 0.3 is 0 Å². The standard InChI is InChI=1S/C9H11NO7/c11-2-4-6(13)7(14)9(16,17-4)3-1-5(12)10-8(3)15/h1,4,6-7,11,13-14,16H,2H2,(H,10,12,15)/t4-,6+,7-,9?/m1/s1. The largest absolute Gasteiger partial charge is 0.394 e. The summed E-state index contributed by atoms with van der Waals surface area (Å²) < 4.78 is 4.85. The molecule has 17 heavy (non-hydrogen) atoms. The molecule has 2 aliphatic heterocycles. The number of hydrogen-bond acceptors (Lipinski definition) is 7. The van der Waals surface area contributed by atoms with E-state index in [0.29, 0.717) is 0 Å². The molecule has 0 radical (unpaired) electrons. The zero-order chi connectivity index (χ0) is 12.8. The Kier molecular flexibility index (Phi) is 2.76. The van der Waals surface area contributed by atoms with Crippen LogP contribution in [0.15, 0.2) is 11.6 Å². The molecule has 0 aromatic heterocycles. The highest BCUT2D eigenvalue weighted by atomic mass is 16.7. The Morgan fingerprint density at radius 2 is 2.06 bits per heavy atom. The second-order valence-electron chi connectivity index (χ2n) is 3.85. The van der Waals surface area contributed by atoms with E-state index in [4.69, 9.17) is 9.84 Å². The Hall–Kier alpha value is -1.32. The smallest absolute Gasteiger partial charge is 0.259 e. The number of imide groups is 1. The van der Waals surface area contributed by atoms with Gasteiger partial charge in [-0.25, -0.2) is 0 Å². The average molecular weight is 245 g/mol. The number of aliphatic hydroxyl groups excluding tert-OH is 3. The van der Waals surface area contributed by atoms with Crippen molar-refractivity contribution in [3.05, 3.63) is 11.6 Å². The van der Waals surface area contributed by atoms with Gasteiger partial charge in [-0.2, -0.15) is 0 Å². The van der Waals surface area contributed by atoms with E-state index >= 15 is 0 Å². The molecule has 0 saturated carbocycles. The molecule has 5 N–H and O–H groups in total. The topological polar surface area (TPSA) is 136 Å². The lowest BCUT2D eigenvalue weighted by Gasteiger charge is -2.25. The van der Waals surface area contributed by atoms with E-state index in [9.17, 15) is 24.9 Å². The van der Waals surface area contributed by atoms with Crippen LogP contribution in [-0.4, -0.2) is 62.9 Å². The molecule has 4 atom stereocenters. The van der Waals surface area contributed by atoms with Crippen LogP contribution in [0.2, 0.25) is 0 Å². The highest BCUT2D eigenvalue weighted by Crippen LogP contribution is 2.35. The molecule has 2 rings (SSSR count). The summed E-state index contributed by atoms with van der Waals surface area (Å²) in [7, 11) is 0. The fourth-order valence-corrected chi connectivity index (χ4v) is 1.85. The van der Waals surface area contributed by atoms with E-state index < -0.39 is 48.1 Å². The molecule has 8 heteroatoms. The minimum atomic E-state index is -2.50. The van der Waals surface area contributed by atoms with Gasteiger partial charge in [0.1, 0.15) is 18.3 Å². The minimum absolute atomic E-state index is 0.495. The van der Waals surface area contributed by atoms with Gasteiger partial charge in [0, 0.05) is 6.08 Å². The van der Waals surface area contributed by atoms with Crippen molar-refractivity contribution in [1.82, 2.24) is 5.32 Å². The Balaban J connectivity index is 2.34. The SMILES string of the molecule is O=C1C=C(C2(O)O[C@H](CO)[C@H](O)[C@H]2O)C(=O)N1. The minimum Gasteiger partial charge on any atom is -0.394 e. The van der Waals surface area contributed by atoms with E-state index in [2.05, 4.69) is 0 Å². The monoisotopic (exact) mass is 245 g/mol. The third-order valence-electron chi connectivity index (χ3n) is 2.76. The first-order valence-corrected chi connectivity index (χ1v) is 4.85. The van der Waals surface area contributed by atoms with Crippen LogP contribution >= 0.6 is 0 Å². The first-order valence-electron chi connectivity index (χ1n) is 4.85. The Morgan fingerprint density at radius 3 is 2.47 bits per heavy atom. The van der Waals surface area contributed by atoms with Gasteiger partial charge in [-0.05, 0) is 0 Å². The molecule has 94 valence electrons. The van der Waals surface area contributed by atoms with Crippen LogP contribution in [-0.2, 0) is 14.3 Å². The molecule has 0 bridgehead atoms. The highest BCUT2D eigenvalue weighted by Gasteiger charge is 2.58. The van der Waals surface area contributed by atoms with Crippen LogP contribution in [0.25, 0.3) is 0 Å². The number of aliphatic hydroxyl groups is 4. The number of ether oxygens (including phenoxy) is 1. The maximum Gasteiger partial charge on any atom is 0.259 e. The van der Waals surface area contributed by atoms with Crippen LogP contribution in [0.4, 0.5) is 0 Å². The van der Waals surface area contributed by atoms with Crippen molar-refractivity contribution in [3.63, 3.8) is 0 Å². The Morgan fingerprint density at radius 1 is 1.41 bits per heavy atom. The van der Waals surface area contributed by atoms with Crippen LogP contribution in [0, 0.1) is 0 Å². The van der Waals surface area contributed by atoms with Gasteiger partial charge in [-0.3, -0.25) is 14.9 Å². The lowest BCUT2D eigenvalue weighted by Crippen LogP contribution is -2.47. The summed E-state index contributed by atoms with van der Waals surface area (Å²) in [5.41, 5.74) is -0.495. The molecular weight excluding hydrogens is 234 g/mol. The van der Waals surface area contributed by atoms with Crippen molar-refractivity contribution < 1.29 is 34.8 Å². The molecule has 0 spiro atoms. The van der Waals surface area contributed by atoms with E-state index in [-0.39, 0.29) is 0 Å². The molecule has 1 saturated heterocycles. The molecule has 0 aromatic rings. The molecule has 2 heterocycles. The van der Waals surface area contributed by atoms with Gasteiger partial charge in [0.25, 0.3) is 11.8 Å². The Bertz CT molecular complexity index is 406. The number of amides is 2. The Labute approximate surface area is 95.1 Å². The number of carbonyl (C=O) groups is 2. The fraction of sp³-hybridized carbons (Fsp3) is 0.556. The van der Waals surface area contributed by atoms with Crippen molar-refractivity contribution in [2.24, 2.45) is 0 Å². The second-order valence-corrected chi connectivity index (χ2v) is 3.85. The number of hydrogen-bond donors (Lipinski definition) is 5. The zero-order valence-corrected chi connectivity index (χ0v) is 8.53. The lowest BCUT2D eigenvalue weighted by molar-refractivity contribution is -0.204. The number of carbonyl (C=O) groups excluding carboxylic acids is 2. The summed E-state index contributed by atoms with van der Waals surface area (Å²) >= 11 is 0. The van der Waals surface area contributed by atoms with Gasteiger partial charge in [0.2, 0.25) is 5.79 Å². The summed E-state index contributed by atoms with van der Waals surface area (Å²) in [6, 6.07) is 0. The summed E-state index contributed by atoms with van der Waals surface area (Å²) in [4.78, 5) is 22.3. The van der Waals surface area contributed by atoms with Crippen molar-refractivity contribution >= 4 is 11.8 Å². The molecule has 1 fully saturated rings. The molecule has 0 aromatic carbocycles. The van der Waals surface area contributed by atoms with E-state index in [0.717, 1.165) is 6.08 Å². The second kappa shape index (κ2) is 3.86. The van der Waals surface area contributed by atoms with E-state index in [1.807, 2.05) is 5.32 Å². The van der Waals surface area contributed by atoms with Crippen molar-refractivity contribution in [1.29, 1.82) is 0 Å². The van der Waals surface area contributed by atoms with Crippen LogP contribution in [0.1, 0.15) is 0 Å². The lowest BCUT2D eigenvalue weighted by atomic mass is 9.98. The fourth-order valence-electron chi connectivity index (χ4n) is 1.85. The predicted molar refractivity (Wildman–Crippen MR) is 50.2 cm³/mol. The van der Waals surface area contributed by atoms with Crippen molar-refractivity contribution in [2.45, 2.75) is 24.1 Å². The summed E-state index contributed by atoms with van der Waals surface area (Å²) in [5, 5.41) is 39.8. The molecule has 2 amide bonds. The van der Waals surface area contributed by atoms with E-state index in [1.165, 1.54) is 0 Å². The molecule has 1 unspecified atom stereocenters. The predicted octanol–water partition coefficient (Wildman–Crippen LogP) is -3.63. The third-order valence-corrected chi connectivity index (χ3v) is 2.76. The maximum absolute atomic E-state index is 11.3.